The number of H-pyrrole nitrogens is 1. The molecular formula is C58H60N5O10P. The SMILES string of the molecule is COc1ccc(C(OC[C@H]2O[C@@H](n3ccc(=O)[nH]c3=O)[C@H](N(C)C(=O)Cc3ccc4ccc5cccc6ccc3c4c56)[C@@H]2OP(=O)(OCCC#N)N(C(C)C)C(C)C)(c2ccccc2)c2ccc(OC)cc2)cc1. The van der Waals surface area contributed by atoms with E-state index in [0.29, 0.717) is 22.6 Å². The summed E-state index contributed by atoms with van der Waals surface area (Å²) in [6.45, 7) is 6.92. The Labute approximate surface area is 429 Å². The Bertz CT molecular complexity index is 3400. The second-order valence-electron chi connectivity index (χ2n) is 19.0. The van der Waals surface area contributed by atoms with Crippen molar-refractivity contribution in [3.63, 3.8) is 0 Å². The van der Waals surface area contributed by atoms with Crippen LogP contribution in [-0.4, -0.2) is 89.8 Å². The second-order valence-corrected chi connectivity index (χ2v) is 20.9. The fourth-order valence-corrected chi connectivity index (χ4v) is 12.9. The van der Waals surface area contributed by atoms with Crippen LogP contribution in [0, 0.1) is 11.3 Å². The summed E-state index contributed by atoms with van der Waals surface area (Å²) in [6, 6.07) is 44.3. The lowest BCUT2D eigenvalue weighted by Crippen LogP contribution is -2.51. The summed E-state index contributed by atoms with van der Waals surface area (Å²) in [5.74, 6) is 0.875. The molecule has 16 heteroatoms. The molecule has 8 aromatic rings. The van der Waals surface area contributed by atoms with Gasteiger partial charge in [-0.3, -0.25) is 28.2 Å². The molecule has 0 radical (unpaired) electrons. The number of nitriles is 1. The average Bonchev–Trinajstić information content (AvgIpc) is 3.75. The van der Waals surface area contributed by atoms with Gasteiger partial charge < -0.3 is 23.8 Å². The highest BCUT2D eigenvalue weighted by Crippen LogP contribution is 2.58. The highest BCUT2D eigenvalue weighted by Gasteiger charge is 2.55. The van der Waals surface area contributed by atoms with Crippen LogP contribution in [0.2, 0.25) is 0 Å². The van der Waals surface area contributed by atoms with E-state index >= 15 is 9.36 Å². The molecule has 382 valence electrons. The zero-order chi connectivity index (χ0) is 52.3. The minimum Gasteiger partial charge on any atom is -0.497 e. The molecule has 7 aromatic carbocycles. The number of nitrogens with zero attached hydrogens (tertiary/aromatic N) is 4. The van der Waals surface area contributed by atoms with Crippen LogP contribution in [0.4, 0.5) is 0 Å². The van der Waals surface area contributed by atoms with E-state index in [2.05, 4.69) is 41.4 Å². The Morgan fingerprint density at radius 1 is 0.770 bits per heavy atom. The Hall–Kier alpha value is -7.15. The number of likely N-dealkylation sites (N-methyl/N-ethyl adjacent to an activating group) is 1. The fourth-order valence-electron chi connectivity index (χ4n) is 10.6. The molecule has 2 heterocycles. The van der Waals surface area contributed by atoms with E-state index < -0.39 is 61.2 Å². The highest BCUT2D eigenvalue weighted by molar-refractivity contribution is 7.51. The van der Waals surface area contributed by atoms with Gasteiger partial charge in [0.25, 0.3) is 5.56 Å². The molecule has 1 fully saturated rings. The summed E-state index contributed by atoms with van der Waals surface area (Å²) in [4.78, 5) is 45.8. The molecular weight excluding hydrogens is 958 g/mol. The number of hydrogen-bond donors (Lipinski definition) is 1. The number of aromatic nitrogens is 2. The Morgan fingerprint density at radius 3 is 1.93 bits per heavy atom. The van der Waals surface area contributed by atoms with Gasteiger partial charge in [-0.05, 0) is 107 Å². The van der Waals surface area contributed by atoms with Crippen LogP contribution in [0.15, 0.2) is 155 Å². The average molecular weight is 1020 g/mol. The summed E-state index contributed by atoms with van der Waals surface area (Å²) in [7, 11) is 0.324. The van der Waals surface area contributed by atoms with Gasteiger partial charge in [0.2, 0.25) is 5.91 Å². The summed E-state index contributed by atoms with van der Waals surface area (Å²) in [5.41, 5.74) is 0.117. The number of hydrogen-bond acceptors (Lipinski definition) is 11. The fraction of sp³-hybridized carbons (Fsp3) is 0.310. The third kappa shape index (κ3) is 9.85. The van der Waals surface area contributed by atoms with Crippen LogP contribution < -0.4 is 20.7 Å². The van der Waals surface area contributed by atoms with Crippen molar-refractivity contribution in [2.45, 2.75) is 82.7 Å². The van der Waals surface area contributed by atoms with Crippen LogP contribution in [0.3, 0.4) is 0 Å². The van der Waals surface area contributed by atoms with Gasteiger partial charge in [-0.2, -0.15) is 5.26 Å². The molecule has 5 atom stereocenters. The van der Waals surface area contributed by atoms with E-state index in [4.69, 9.17) is 28.0 Å². The Balaban J connectivity index is 1.21. The predicted molar refractivity (Wildman–Crippen MR) is 285 cm³/mol. The first-order valence-electron chi connectivity index (χ1n) is 24.7. The molecule has 0 spiro atoms. The molecule has 9 rings (SSSR count). The smallest absolute Gasteiger partial charge is 0.409 e. The van der Waals surface area contributed by atoms with Gasteiger partial charge in [0.15, 0.2) is 6.23 Å². The predicted octanol–water partition coefficient (Wildman–Crippen LogP) is 9.97. The maximum absolute atomic E-state index is 15.9. The summed E-state index contributed by atoms with van der Waals surface area (Å²) < 4.78 is 57.6. The van der Waals surface area contributed by atoms with Crippen molar-refractivity contribution in [2.24, 2.45) is 0 Å². The summed E-state index contributed by atoms with van der Waals surface area (Å²) >= 11 is 0. The molecule has 15 nitrogen and oxygen atoms in total. The van der Waals surface area contributed by atoms with Crippen molar-refractivity contribution in [3.8, 4) is 17.6 Å². The van der Waals surface area contributed by atoms with Crippen molar-refractivity contribution >= 4 is 46.0 Å². The Morgan fingerprint density at radius 2 is 1.35 bits per heavy atom. The van der Waals surface area contributed by atoms with Gasteiger partial charge in [0.1, 0.15) is 35.3 Å². The molecule has 0 aliphatic carbocycles. The monoisotopic (exact) mass is 1020 g/mol. The molecule has 1 aliphatic heterocycles. The number of ether oxygens (including phenoxy) is 4. The van der Waals surface area contributed by atoms with Gasteiger partial charge in [-0.15, -0.1) is 0 Å². The van der Waals surface area contributed by atoms with Gasteiger partial charge in [0.05, 0.1) is 46.3 Å². The maximum Gasteiger partial charge on any atom is 0.409 e. The van der Waals surface area contributed by atoms with Crippen LogP contribution in [0.5, 0.6) is 11.5 Å². The topological polar surface area (TPSA) is 175 Å². The largest absolute Gasteiger partial charge is 0.497 e. The van der Waals surface area contributed by atoms with Crippen LogP contribution in [0.25, 0.3) is 32.3 Å². The van der Waals surface area contributed by atoms with Gasteiger partial charge >= 0.3 is 13.4 Å². The number of benzene rings is 7. The third-order valence-electron chi connectivity index (χ3n) is 13.9. The maximum atomic E-state index is 15.9. The number of methoxy groups -OCH3 is 2. The molecule has 0 bridgehead atoms. The first-order chi connectivity index (χ1) is 35.7. The standard InChI is InChI=1S/C58H60N5O10P/c1-37(2)63(38(3)4)74(67,71-34-12-32-59)73-55-49(36-70-58(43-15-9-8-10-16-43,44-22-26-46(68-6)27-23-44)45-24-28-47(69-7)29-25-45)72-56(62-33-31-50(64)60-57(62)66)54(55)61(5)51(65)35-42-20-19-41-18-17-39-13-11-14-40-21-30-48(42)53(41)52(39)40/h8-11,13-31,33,37-38,49,54-56H,12,34-36H2,1-7H3,(H,60,64,66)/t49-,54-,55-,56-,74?/m1/s1. The highest BCUT2D eigenvalue weighted by atomic mass is 31.2. The first kappa shape index (κ1) is 51.7. The van der Waals surface area contributed by atoms with E-state index in [-0.39, 0.29) is 32.0 Å². The lowest BCUT2D eigenvalue weighted by atomic mass is 9.80. The van der Waals surface area contributed by atoms with Crippen molar-refractivity contribution in [1.29, 1.82) is 5.26 Å². The lowest BCUT2D eigenvalue weighted by Gasteiger charge is -2.40. The van der Waals surface area contributed by atoms with E-state index in [1.807, 2.05) is 131 Å². The quantitative estimate of drug-likeness (QED) is 0.0332. The molecule has 1 unspecified atom stereocenters. The molecule has 1 N–H and O–H groups in total. The zero-order valence-electron chi connectivity index (χ0n) is 42.5. The normalized spacial score (nSPS) is 17.9. The molecule has 1 aromatic heterocycles. The van der Waals surface area contributed by atoms with E-state index in [9.17, 15) is 14.9 Å². The van der Waals surface area contributed by atoms with E-state index in [0.717, 1.165) is 43.4 Å². The van der Waals surface area contributed by atoms with Gasteiger partial charge in [0, 0.05) is 31.4 Å². The van der Waals surface area contributed by atoms with Gasteiger partial charge in [-0.25, -0.2) is 14.0 Å². The van der Waals surface area contributed by atoms with Crippen LogP contribution >= 0.6 is 7.75 Å². The van der Waals surface area contributed by atoms with Crippen LogP contribution in [-0.2, 0) is 39.9 Å². The molecule has 74 heavy (non-hydrogen) atoms. The number of carbonyl (C=O) groups is 1. The van der Waals surface area contributed by atoms with Crippen LogP contribution in [0.1, 0.15) is 62.6 Å². The molecule has 0 saturated carbocycles. The molecule has 1 saturated heterocycles. The Kier molecular flexibility index (Phi) is 15.2. The van der Waals surface area contributed by atoms with Crippen molar-refractivity contribution in [3.05, 3.63) is 189 Å². The summed E-state index contributed by atoms with van der Waals surface area (Å²) in [6.07, 6.45) is -2.77. The minimum absolute atomic E-state index is 0.0746. The first-order valence-corrected chi connectivity index (χ1v) is 26.2. The molecule has 1 aliphatic rings. The number of nitrogens with one attached hydrogen (secondary N) is 1. The van der Waals surface area contributed by atoms with E-state index in [1.54, 1.807) is 25.9 Å². The third-order valence-corrected chi connectivity index (χ3v) is 16.4. The van der Waals surface area contributed by atoms with Gasteiger partial charge in [-0.1, -0.05) is 109 Å². The summed E-state index contributed by atoms with van der Waals surface area (Å²) in [5, 5.41) is 15.9. The van der Waals surface area contributed by atoms with E-state index in [1.165, 1.54) is 21.7 Å². The zero-order valence-corrected chi connectivity index (χ0v) is 43.4. The number of aromatic amines is 1. The van der Waals surface area contributed by atoms with Crippen molar-refractivity contribution < 1.29 is 37.4 Å². The molecule has 1 amide bonds. The minimum atomic E-state index is -4.46. The number of carbonyl (C=O) groups excluding carboxylic acids is 1. The number of rotatable bonds is 20. The number of amides is 1. The second kappa shape index (κ2) is 21.7. The van der Waals surface area contributed by atoms with Crippen molar-refractivity contribution in [1.82, 2.24) is 19.1 Å². The lowest BCUT2D eigenvalue weighted by molar-refractivity contribution is -0.135. The van der Waals surface area contributed by atoms with Crippen molar-refractivity contribution in [2.75, 3.05) is 34.5 Å².